The van der Waals surface area contributed by atoms with E-state index in [1.165, 1.54) is 36.8 Å². The number of methoxy groups -OCH3 is 1. The van der Waals surface area contributed by atoms with Gasteiger partial charge in [-0.3, -0.25) is 38.9 Å². The van der Waals surface area contributed by atoms with Crippen molar-refractivity contribution in [3.05, 3.63) is 206 Å². The molecule has 0 aliphatic carbocycles. The predicted octanol–water partition coefficient (Wildman–Crippen LogP) is 30.6. The van der Waals surface area contributed by atoms with Crippen LogP contribution < -0.4 is 15.0 Å². The molecule has 0 radical (unpaired) electrons. The number of ether oxygens (including phenoxy) is 2. The molecule has 0 unspecified atom stereocenters. The van der Waals surface area contributed by atoms with Gasteiger partial charge in [0.05, 0.1) is 25.6 Å². The lowest BCUT2D eigenvalue weighted by atomic mass is 10.0. The molecule has 0 aromatic carbocycles. The molecule has 8 rings (SSSR count). The summed E-state index contributed by atoms with van der Waals surface area (Å²) in [6, 6.07) is 17.1. The Morgan fingerprint density at radius 3 is 1.00 bits per heavy atom. The molecule has 4 amide bonds. The van der Waals surface area contributed by atoms with Crippen molar-refractivity contribution >= 4 is 54.6 Å². The molecule has 29 heteroatoms. The summed E-state index contributed by atoms with van der Waals surface area (Å²) in [5, 5.41) is 17.1. The minimum absolute atomic E-state index is 0.0186. The number of nitrogens with zero attached hydrogens (tertiary/aromatic N) is 16. The number of hydrogen-bond acceptors (Lipinski definition) is 22. The topological polar surface area (TPSA) is 337 Å². The van der Waals surface area contributed by atoms with Crippen LogP contribution in [0.3, 0.4) is 0 Å². The summed E-state index contributed by atoms with van der Waals surface area (Å²) in [4.78, 5) is 101. The van der Waals surface area contributed by atoms with Gasteiger partial charge in [-0.15, -0.1) is 0 Å². The summed E-state index contributed by atoms with van der Waals surface area (Å²) in [6.07, 6.45) is 25.6. The molecule has 0 saturated heterocycles. The van der Waals surface area contributed by atoms with Crippen LogP contribution in [0.1, 0.15) is 472 Å². The Kier molecular flexibility index (Phi) is 134. The predicted molar refractivity (Wildman–Crippen MR) is 632 cm³/mol. The van der Waals surface area contributed by atoms with Crippen LogP contribution in [0, 0.1) is 0 Å². The number of carbonyl (C=O) groups excluding carboxylic acids is 4. The lowest BCUT2D eigenvalue weighted by Crippen LogP contribution is -2.31. The van der Waals surface area contributed by atoms with Crippen LogP contribution in [-0.4, -0.2) is 213 Å². The van der Waals surface area contributed by atoms with Crippen molar-refractivity contribution in [3.63, 3.8) is 0 Å². The molecule has 0 aliphatic heterocycles. The lowest BCUT2D eigenvalue weighted by molar-refractivity contribution is 0.0815. The molecule has 8 heterocycles. The molecule has 840 valence electrons. The average molecular weight is 2070 g/mol. The Labute approximate surface area is 887 Å². The van der Waals surface area contributed by atoms with Gasteiger partial charge >= 0.3 is 6.01 Å². The summed E-state index contributed by atoms with van der Waals surface area (Å²) < 4.78 is 42.5. The number of rotatable bonds is 19. The zero-order chi connectivity index (χ0) is 118. The number of aryl methyl sites for hydroxylation is 1. The van der Waals surface area contributed by atoms with Crippen LogP contribution in [0.15, 0.2) is 136 Å². The number of amides is 4. The van der Waals surface area contributed by atoms with Crippen LogP contribution in [0.2, 0.25) is 0 Å². The van der Waals surface area contributed by atoms with E-state index in [4.69, 9.17) is 19.7 Å². The van der Waals surface area contributed by atoms with Gasteiger partial charge in [0.1, 0.15) is 35.7 Å². The van der Waals surface area contributed by atoms with Crippen LogP contribution >= 0.6 is 0 Å². The summed E-state index contributed by atoms with van der Waals surface area (Å²) in [6.45, 7) is 97.4. The van der Waals surface area contributed by atoms with Gasteiger partial charge in [0.25, 0.3) is 29.2 Å². The van der Waals surface area contributed by atoms with E-state index in [9.17, 15) is 32.4 Å². The minimum atomic E-state index is -2.10. The maximum atomic E-state index is 11.9. The smallest absolute Gasteiger partial charge is 0.316 e. The van der Waals surface area contributed by atoms with Crippen LogP contribution in [0.4, 0.5) is 11.5 Å². The highest BCUT2D eigenvalue weighted by molar-refractivity contribution is 7.92. The fraction of sp³-hybridized carbons (Fsp3) is 0.635. The number of pyridine rings is 6. The van der Waals surface area contributed by atoms with Gasteiger partial charge in [-0.25, -0.2) is 38.3 Å². The van der Waals surface area contributed by atoms with E-state index in [1.54, 1.807) is 163 Å². The van der Waals surface area contributed by atoms with Crippen molar-refractivity contribution in [3.8, 4) is 11.9 Å². The fourth-order valence-corrected chi connectivity index (χ4v) is 9.87. The zero-order valence-corrected chi connectivity index (χ0v) is 105. The van der Waals surface area contributed by atoms with Gasteiger partial charge in [-0.2, -0.15) is 8.73 Å². The lowest BCUT2D eigenvalue weighted by Gasteiger charge is -2.14. The Morgan fingerprint density at radius 2 is 0.681 bits per heavy atom. The zero-order valence-electron chi connectivity index (χ0n) is 104. The Bertz CT molecular complexity index is 4510. The van der Waals surface area contributed by atoms with Crippen LogP contribution in [0.25, 0.3) is 0 Å². The fourth-order valence-electron chi connectivity index (χ4n) is 8.71. The van der Waals surface area contributed by atoms with E-state index in [-0.39, 0.29) is 54.6 Å². The van der Waals surface area contributed by atoms with Gasteiger partial charge in [0, 0.05) is 170 Å². The Hall–Kier alpha value is -9.84. The normalized spacial score (nSPS) is 9.06. The van der Waals surface area contributed by atoms with E-state index in [0.717, 1.165) is 38.9 Å². The van der Waals surface area contributed by atoms with E-state index in [1.807, 2.05) is 284 Å². The maximum absolute atomic E-state index is 11.9. The molecule has 0 bridgehead atoms. The molecule has 8 aromatic heterocycles. The van der Waals surface area contributed by atoms with E-state index >= 15 is 0 Å². The van der Waals surface area contributed by atoms with E-state index in [0.29, 0.717) is 93.5 Å². The first-order valence-electron chi connectivity index (χ1n) is 52.8. The molecule has 0 aliphatic rings. The number of aromatic nitrogens is 10. The van der Waals surface area contributed by atoms with Crippen molar-refractivity contribution in [1.29, 1.82) is 0 Å². The molecule has 2 N–H and O–H groups in total. The van der Waals surface area contributed by atoms with Gasteiger partial charge in [-0.1, -0.05) is 344 Å². The maximum Gasteiger partial charge on any atom is 0.316 e. The first-order valence-corrected chi connectivity index (χ1v) is 57.5. The summed E-state index contributed by atoms with van der Waals surface area (Å²) in [5.74, 6) is 4.22. The standard InChI is InChI=1S/2C12H18N2O2.2C11H16N2O.2C10H16N2OS.C9H14N2O2.C8H12N2O.16C2H6/c1-8(2)9-6-10(12(15)14(3)4)11(16-5)13-7-9;1-8(2)9-6-10(11(15)13(3)4)12(16)14(5)7-9;1-8(2)9-5-6-12-10(7-9)11(14)13(3)4;1-8(2)9-5-6-10(12-7-9)11(14)13(3)4;1-8(2)9-5-10(7-11-6-9)12-14(3,4)13;1-8(2)9-5-6-10(11-7-9)12-14(3,4)13;1-7(2)8-5-10-9(11-6-8)13-4-3-12;1-6(2)7-3-9-8(5-11)10-4-7;16*1-2/h2*6-8H,1-5H3;4*5-8H,1-4H3;5-7,12H,3-4H2,1-2H3;3-4,6,11H,5H2,1-2H3;16*1-2H3. The van der Waals surface area contributed by atoms with E-state index < -0.39 is 19.5 Å². The van der Waals surface area contributed by atoms with Crippen molar-refractivity contribution in [2.45, 2.75) is 386 Å². The second-order valence-corrected chi connectivity index (χ2v) is 34.9. The van der Waals surface area contributed by atoms with Crippen LogP contribution in [0.5, 0.6) is 11.9 Å². The SMILES string of the molecule is CC.CC.CC.CC.CC.CC.CC.CC.CC.CC.CC.CC.CC.CC.CC.CC.CC(C)c1cc(C(=O)N(C)C)c(=O)n(C)c1.CC(C)c1ccc(C(=O)N(C)C)nc1.CC(C)c1ccc(N=S(C)(C)=O)nc1.CC(C)c1ccnc(C(=O)N(C)C)c1.CC(C)c1cnc(CO)nc1.CC(C)c1cnc(OCCO)nc1.CC(C)c1cncc(N=S(C)(C)=O)c1.COc1ncc(C(C)C)cc1C(=O)N(C)C. The first-order chi connectivity index (χ1) is 68.1. The minimum Gasteiger partial charge on any atom is -0.480 e. The highest BCUT2D eigenvalue weighted by atomic mass is 32.2. The number of aliphatic hydroxyl groups is 2. The molecule has 144 heavy (non-hydrogen) atoms. The number of hydrogen-bond donors (Lipinski definition) is 2. The number of aliphatic hydroxyl groups excluding tert-OH is 2. The summed E-state index contributed by atoms with van der Waals surface area (Å²) >= 11 is 0. The number of carbonyl (C=O) groups is 4. The first kappa shape index (κ1) is 170. The summed E-state index contributed by atoms with van der Waals surface area (Å²) in [7, 11) is 12.6. The van der Waals surface area contributed by atoms with Crippen molar-refractivity contribution < 1.29 is 47.3 Å². The van der Waals surface area contributed by atoms with Crippen LogP contribution in [-0.2, 0) is 33.1 Å². The quantitative estimate of drug-likeness (QED) is 0.0759. The second-order valence-electron chi connectivity index (χ2n) is 29.8. The molecule has 8 aromatic rings. The Balaban J connectivity index is -0.0000000892. The molecular formula is C115H222N16O11S2. The molecule has 0 fully saturated rings. The second kappa shape index (κ2) is 113. The van der Waals surface area contributed by atoms with Crippen molar-refractivity contribution in [1.82, 2.24) is 69.0 Å². The average Bonchev–Trinajstić information content (AvgIpc) is 0.823. The third-order valence-corrected chi connectivity index (χ3v) is 17.0. The third kappa shape index (κ3) is 87.5. The highest BCUT2D eigenvalue weighted by Gasteiger charge is 2.19. The van der Waals surface area contributed by atoms with Gasteiger partial charge in [0.15, 0.2) is 11.6 Å². The Morgan fingerprint density at radius 1 is 0.354 bits per heavy atom. The molecule has 0 spiro atoms. The molecule has 0 saturated carbocycles. The highest BCUT2D eigenvalue weighted by Crippen LogP contribution is 2.25. The van der Waals surface area contributed by atoms with Crippen molar-refractivity contribution in [2.75, 3.05) is 102 Å². The van der Waals surface area contributed by atoms with Gasteiger partial charge in [0.2, 0.25) is 5.88 Å². The molecule has 27 nitrogen and oxygen atoms in total. The monoisotopic (exact) mass is 2070 g/mol. The molecular weight excluding hydrogens is 1850 g/mol. The molecule has 0 atom stereocenters. The third-order valence-electron chi connectivity index (χ3n) is 15.7. The van der Waals surface area contributed by atoms with Gasteiger partial charge in [-0.05, 0) is 134 Å². The summed E-state index contributed by atoms with van der Waals surface area (Å²) in [5.41, 5.74) is 11.0. The van der Waals surface area contributed by atoms with Crippen molar-refractivity contribution in [2.24, 2.45) is 15.8 Å². The largest absolute Gasteiger partial charge is 0.480 e. The van der Waals surface area contributed by atoms with E-state index in [2.05, 4.69) is 151 Å². The van der Waals surface area contributed by atoms with Gasteiger partial charge < -0.3 is 43.9 Å².